The Labute approximate surface area is 67.0 Å². The summed E-state index contributed by atoms with van der Waals surface area (Å²) in [7, 11) is 2.98. The SMILES string of the molecule is CCC1(C)CC(C)C(P)C1. The first-order chi connectivity index (χ1) is 4.57. The van der Waals surface area contributed by atoms with E-state index in [-0.39, 0.29) is 0 Å². The third-order valence-corrected chi connectivity index (χ3v) is 4.02. The summed E-state index contributed by atoms with van der Waals surface area (Å²) in [6.45, 7) is 7.11. The van der Waals surface area contributed by atoms with E-state index >= 15 is 0 Å². The Kier molecular flexibility index (Phi) is 2.40. The van der Waals surface area contributed by atoms with E-state index in [0.717, 1.165) is 11.6 Å². The van der Waals surface area contributed by atoms with Crippen molar-refractivity contribution in [2.24, 2.45) is 11.3 Å². The van der Waals surface area contributed by atoms with Gasteiger partial charge in [-0.2, -0.15) is 0 Å². The molecule has 0 spiro atoms. The smallest absolute Gasteiger partial charge is 0.0233 e. The first-order valence-electron chi connectivity index (χ1n) is 4.33. The minimum absolute atomic E-state index is 0.659. The lowest BCUT2D eigenvalue weighted by Crippen LogP contribution is -2.09. The molecule has 1 heteroatoms. The van der Waals surface area contributed by atoms with Gasteiger partial charge >= 0.3 is 0 Å². The molecule has 0 aliphatic heterocycles. The maximum absolute atomic E-state index is 2.98. The fraction of sp³-hybridized carbons (Fsp3) is 1.00. The summed E-state index contributed by atoms with van der Waals surface area (Å²) in [6.07, 6.45) is 4.19. The van der Waals surface area contributed by atoms with Crippen LogP contribution in [-0.4, -0.2) is 5.66 Å². The molecule has 0 saturated heterocycles. The Balaban J connectivity index is 2.55. The molecule has 0 bridgehead atoms. The lowest BCUT2D eigenvalue weighted by atomic mass is 9.85. The van der Waals surface area contributed by atoms with Crippen LogP contribution in [0.3, 0.4) is 0 Å². The summed E-state index contributed by atoms with van der Waals surface area (Å²) < 4.78 is 0. The van der Waals surface area contributed by atoms with E-state index in [9.17, 15) is 0 Å². The third kappa shape index (κ3) is 1.53. The van der Waals surface area contributed by atoms with Crippen molar-refractivity contribution in [2.45, 2.75) is 45.7 Å². The van der Waals surface area contributed by atoms with E-state index < -0.39 is 0 Å². The highest BCUT2D eigenvalue weighted by molar-refractivity contribution is 7.17. The van der Waals surface area contributed by atoms with Gasteiger partial charge in [-0.05, 0) is 29.8 Å². The summed E-state index contributed by atoms with van der Waals surface area (Å²) in [4.78, 5) is 0. The van der Waals surface area contributed by atoms with E-state index in [4.69, 9.17) is 0 Å². The van der Waals surface area contributed by atoms with Gasteiger partial charge in [-0.25, -0.2) is 0 Å². The van der Waals surface area contributed by atoms with E-state index in [1.165, 1.54) is 19.3 Å². The Bertz CT molecular complexity index is 110. The van der Waals surface area contributed by atoms with Gasteiger partial charge in [0.05, 0.1) is 0 Å². The van der Waals surface area contributed by atoms with Crippen LogP contribution in [0.5, 0.6) is 0 Å². The minimum Gasteiger partial charge on any atom is -0.134 e. The van der Waals surface area contributed by atoms with Crippen molar-refractivity contribution in [3.8, 4) is 0 Å². The second-order valence-electron chi connectivity index (χ2n) is 4.21. The Hall–Kier alpha value is 0.430. The summed E-state index contributed by atoms with van der Waals surface area (Å²) >= 11 is 0. The van der Waals surface area contributed by atoms with Crippen molar-refractivity contribution >= 4 is 9.24 Å². The van der Waals surface area contributed by atoms with E-state index in [0.29, 0.717) is 5.41 Å². The molecule has 1 aliphatic carbocycles. The monoisotopic (exact) mass is 158 g/mol. The van der Waals surface area contributed by atoms with Crippen LogP contribution in [0.25, 0.3) is 0 Å². The molecule has 10 heavy (non-hydrogen) atoms. The third-order valence-electron chi connectivity index (χ3n) is 3.13. The van der Waals surface area contributed by atoms with Crippen molar-refractivity contribution in [3.63, 3.8) is 0 Å². The van der Waals surface area contributed by atoms with Gasteiger partial charge in [0.15, 0.2) is 0 Å². The van der Waals surface area contributed by atoms with Gasteiger partial charge in [-0.1, -0.05) is 27.2 Å². The second-order valence-corrected chi connectivity index (χ2v) is 5.07. The summed E-state index contributed by atoms with van der Waals surface area (Å²) in [5.74, 6) is 0.926. The highest BCUT2D eigenvalue weighted by Gasteiger charge is 2.36. The maximum Gasteiger partial charge on any atom is -0.0233 e. The standard InChI is InChI=1S/C9H19P/c1-4-9(3)5-7(2)8(10)6-9/h7-8H,4-6,10H2,1-3H3. The Morgan fingerprint density at radius 1 is 1.50 bits per heavy atom. The molecule has 0 aromatic rings. The number of hydrogen-bond donors (Lipinski definition) is 0. The van der Waals surface area contributed by atoms with Crippen molar-refractivity contribution in [3.05, 3.63) is 0 Å². The predicted octanol–water partition coefficient (Wildman–Crippen LogP) is 3.08. The molecule has 4 atom stereocenters. The average Bonchev–Trinajstić information content (AvgIpc) is 2.10. The van der Waals surface area contributed by atoms with Crippen molar-refractivity contribution in [2.75, 3.05) is 0 Å². The van der Waals surface area contributed by atoms with Gasteiger partial charge in [-0.3, -0.25) is 0 Å². The fourth-order valence-electron chi connectivity index (χ4n) is 2.07. The molecule has 0 aromatic heterocycles. The summed E-state index contributed by atoms with van der Waals surface area (Å²) in [6, 6.07) is 0. The second kappa shape index (κ2) is 2.81. The highest BCUT2D eigenvalue weighted by atomic mass is 31.0. The van der Waals surface area contributed by atoms with Crippen LogP contribution in [0.4, 0.5) is 0 Å². The zero-order valence-electron chi connectivity index (χ0n) is 7.35. The van der Waals surface area contributed by atoms with E-state index in [1.54, 1.807) is 0 Å². The first-order valence-corrected chi connectivity index (χ1v) is 4.99. The molecule has 1 fully saturated rings. The number of hydrogen-bond acceptors (Lipinski definition) is 0. The van der Waals surface area contributed by atoms with Gasteiger partial charge in [0.1, 0.15) is 0 Å². The number of rotatable bonds is 1. The van der Waals surface area contributed by atoms with Gasteiger partial charge in [0.25, 0.3) is 0 Å². The molecule has 1 aliphatic rings. The summed E-state index contributed by atoms with van der Waals surface area (Å²) in [5, 5.41) is 0. The van der Waals surface area contributed by atoms with Gasteiger partial charge in [0, 0.05) is 0 Å². The lowest BCUT2D eigenvalue weighted by molar-refractivity contribution is 0.312. The topological polar surface area (TPSA) is 0 Å². The predicted molar refractivity (Wildman–Crippen MR) is 50.3 cm³/mol. The first kappa shape index (κ1) is 8.53. The molecule has 0 radical (unpaired) electrons. The van der Waals surface area contributed by atoms with Crippen molar-refractivity contribution < 1.29 is 0 Å². The zero-order chi connectivity index (χ0) is 7.78. The molecular formula is C9H19P. The normalized spacial score (nSPS) is 48.0. The van der Waals surface area contributed by atoms with Gasteiger partial charge in [0.2, 0.25) is 0 Å². The molecule has 4 unspecified atom stereocenters. The Morgan fingerprint density at radius 2 is 2.10 bits per heavy atom. The molecular weight excluding hydrogens is 139 g/mol. The van der Waals surface area contributed by atoms with E-state index in [2.05, 4.69) is 30.0 Å². The minimum atomic E-state index is 0.659. The maximum atomic E-state index is 2.98. The molecule has 0 amide bonds. The zero-order valence-corrected chi connectivity index (χ0v) is 8.51. The molecule has 1 saturated carbocycles. The molecule has 60 valence electrons. The van der Waals surface area contributed by atoms with Crippen LogP contribution in [0.15, 0.2) is 0 Å². The van der Waals surface area contributed by atoms with Gasteiger partial charge < -0.3 is 0 Å². The molecule has 0 nitrogen and oxygen atoms in total. The molecule has 1 rings (SSSR count). The van der Waals surface area contributed by atoms with Crippen LogP contribution < -0.4 is 0 Å². The molecule has 0 N–H and O–H groups in total. The van der Waals surface area contributed by atoms with Crippen LogP contribution in [0.2, 0.25) is 0 Å². The van der Waals surface area contributed by atoms with E-state index in [1.807, 2.05) is 0 Å². The van der Waals surface area contributed by atoms with Crippen LogP contribution >= 0.6 is 9.24 Å². The highest BCUT2D eigenvalue weighted by Crippen LogP contribution is 2.46. The summed E-state index contributed by atoms with van der Waals surface area (Å²) in [5.41, 5.74) is 1.54. The Morgan fingerprint density at radius 3 is 2.30 bits per heavy atom. The average molecular weight is 158 g/mol. The van der Waals surface area contributed by atoms with Crippen molar-refractivity contribution in [1.29, 1.82) is 0 Å². The molecule has 0 aromatic carbocycles. The lowest BCUT2D eigenvalue weighted by Gasteiger charge is -2.20. The van der Waals surface area contributed by atoms with Crippen LogP contribution in [0, 0.1) is 11.3 Å². The quantitative estimate of drug-likeness (QED) is 0.514. The van der Waals surface area contributed by atoms with Crippen LogP contribution in [-0.2, 0) is 0 Å². The van der Waals surface area contributed by atoms with Crippen molar-refractivity contribution in [1.82, 2.24) is 0 Å². The van der Waals surface area contributed by atoms with Crippen LogP contribution in [0.1, 0.15) is 40.0 Å². The van der Waals surface area contributed by atoms with Gasteiger partial charge in [-0.15, -0.1) is 9.24 Å². The molecule has 0 heterocycles. The largest absolute Gasteiger partial charge is 0.134 e. The fourth-order valence-corrected chi connectivity index (χ4v) is 2.78.